The Morgan fingerprint density at radius 3 is 2.52 bits per heavy atom. The van der Waals surface area contributed by atoms with Crippen molar-refractivity contribution in [1.82, 2.24) is 4.98 Å². The van der Waals surface area contributed by atoms with E-state index in [4.69, 9.17) is 0 Å². The maximum atomic E-state index is 12.7. The van der Waals surface area contributed by atoms with Crippen molar-refractivity contribution < 1.29 is 9.59 Å². The minimum Gasteiger partial charge on any atom is -0.361 e. The Labute approximate surface area is 145 Å². The quantitative estimate of drug-likeness (QED) is 0.730. The molecule has 1 atom stereocenters. The van der Waals surface area contributed by atoms with Gasteiger partial charge in [0.25, 0.3) is 11.8 Å². The van der Waals surface area contributed by atoms with E-state index in [9.17, 15) is 9.59 Å². The third kappa shape index (κ3) is 2.66. The second kappa shape index (κ2) is 6.06. The van der Waals surface area contributed by atoms with Gasteiger partial charge in [0, 0.05) is 28.7 Å². The lowest BCUT2D eigenvalue weighted by atomic mass is 9.93. The molecule has 3 aromatic rings. The molecular weight excluding hydrogens is 312 g/mol. The van der Waals surface area contributed by atoms with Gasteiger partial charge in [0.1, 0.15) is 0 Å². The number of aromatic nitrogens is 1. The van der Waals surface area contributed by atoms with E-state index in [2.05, 4.69) is 18.0 Å². The van der Waals surface area contributed by atoms with Gasteiger partial charge in [0.15, 0.2) is 0 Å². The fourth-order valence-electron chi connectivity index (χ4n) is 3.43. The van der Waals surface area contributed by atoms with Gasteiger partial charge in [-0.2, -0.15) is 0 Å². The summed E-state index contributed by atoms with van der Waals surface area (Å²) in [4.78, 5) is 29.5. The monoisotopic (exact) mass is 330 g/mol. The maximum absolute atomic E-state index is 12.7. The number of nitrogens with zero attached hydrogens (tertiary/aromatic N) is 1. The largest absolute Gasteiger partial charge is 0.361 e. The Kier molecular flexibility index (Phi) is 3.73. The Morgan fingerprint density at radius 2 is 1.72 bits per heavy atom. The van der Waals surface area contributed by atoms with Crippen molar-refractivity contribution in [3.63, 3.8) is 0 Å². The molecule has 2 heterocycles. The minimum absolute atomic E-state index is 0.134. The molecule has 0 radical (unpaired) electrons. The van der Waals surface area contributed by atoms with Gasteiger partial charge in [-0.1, -0.05) is 43.3 Å². The number of imide groups is 1. The average molecular weight is 330 g/mol. The molecule has 1 aliphatic heterocycles. The maximum Gasteiger partial charge on any atom is 0.261 e. The van der Waals surface area contributed by atoms with E-state index in [1.165, 1.54) is 11.0 Å². The smallest absolute Gasteiger partial charge is 0.261 e. The van der Waals surface area contributed by atoms with Crippen LogP contribution in [-0.2, 0) is 9.59 Å². The number of anilines is 1. The van der Waals surface area contributed by atoms with E-state index >= 15 is 0 Å². The van der Waals surface area contributed by atoms with E-state index in [0.29, 0.717) is 17.7 Å². The number of rotatable bonds is 4. The summed E-state index contributed by atoms with van der Waals surface area (Å²) in [6, 6.07) is 17.2. The van der Waals surface area contributed by atoms with Crippen molar-refractivity contribution in [3.05, 3.63) is 78.0 Å². The van der Waals surface area contributed by atoms with Crippen molar-refractivity contribution in [1.29, 1.82) is 0 Å². The van der Waals surface area contributed by atoms with Crippen LogP contribution in [0, 0.1) is 0 Å². The average Bonchev–Trinajstić information content (AvgIpc) is 3.17. The molecule has 1 aliphatic rings. The van der Waals surface area contributed by atoms with Crippen LogP contribution in [0.3, 0.4) is 0 Å². The first-order valence-electron chi connectivity index (χ1n) is 8.35. The lowest BCUT2D eigenvalue weighted by Crippen LogP contribution is -2.30. The van der Waals surface area contributed by atoms with Crippen LogP contribution in [0.5, 0.6) is 0 Å². The Bertz CT molecular complexity index is 985. The van der Waals surface area contributed by atoms with Crippen molar-refractivity contribution in [2.75, 3.05) is 4.90 Å². The van der Waals surface area contributed by atoms with E-state index < -0.39 is 0 Å². The zero-order valence-corrected chi connectivity index (χ0v) is 13.9. The zero-order chi connectivity index (χ0) is 17.4. The number of benzene rings is 2. The van der Waals surface area contributed by atoms with Crippen molar-refractivity contribution in [3.8, 4) is 0 Å². The van der Waals surface area contributed by atoms with Crippen LogP contribution in [0.2, 0.25) is 0 Å². The molecular formula is C21H18N2O2. The van der Waals surface area contributed by atoms with Crippen LogP contribution in [0.4, 0.5) is 5.69 Å². The molecule has 4 rings (SSSR count). The number of fused-ring (bicyclic) bond motifs is 1. The van der Waals surface area contributed by atoms with Crippen LogP contribution in [0.15, 0.2) is 72.4 Å². The van der Waals surface area contributed by atoms with E-state index in [1.54, 1.807) is 12.1 Å². The normalized spacial score (nSPS) is 15.7. The number of aromatic amines is 1. The molecule has 124 valence electrons. The van der Waals surface area contributed by atoms with Gasteiger partial charge in [-0.15, -0.1) is 0 Å². The first-order chi connectivity index (χ1) is 12.1. The van der Waals surface area contributed by atoms with Gasteiger partial charge in [0.05, 0.1) is 5.69 Å². The summed E-state index contributed by atoms with van der Waals surface area (Å²) in [5, 5.41) is 1.16. The standard InChI is InChI=1S/C21H18N2O2/c1-14(18-13-22-19-10-6-5-9-17(18)19)11-15-12-20(24)23(21(15)25)16-7-3-2-4-8-16/h2-10,12-14,22H,11H2,1H3. The van der Waals surface area contributed by atoms with Gasteiger partial charge in [-0.3, -0.25) is 9.59 Å². The molecule has 1 aromatic heterocycles. The summed E-state index contributed by atoms with van der Waals surface area (Å²) in [5.74, 6) is -0.352. The van der Waals surface area contributed by atoms with Gasteiger partial charge in [-0.05, 0) is 36.1 Å². The summed E-state index contributed by atoms with van der Waals surface area (Å²) in [6.07, 6.45) is 4.00. The van der Waals surface area contributed by atoms with Crippen LogP contribution >= 0.6 is 0 Å². The number of carbonyl (C=O) groups excluding carboxylic acids is 2. The molecule has 0 saturated heterocycles. The van der Waals surface area contributed by atoms with Crippen LogP contribution in [0.1, 0.15) is 24.8 Å². The number of H-pyrrole nitrogens is 1. The van der Waals surface area contributed by atoms with Crippen LogP contribution in [0.25, 0.3) is 10.9 Å². The molecule has 2 aromatic carbocycles. The van der Waals surface area contributed by atoms with Gasteiger partial charge in [-0.25, -0.2) is 4.90 Å². The third-order valence-corrected chi connectivity index (χ3v) is 4.69. The fourth-order valence-corrected chi connectivity index (χ4v) is 3.43. The van der Waals surface area contributed by atoms with Gasteiger partial charge < -0.3 is 4.98 Å². The third-order valence-electron chi connectivity index (χ3n) is 4.69. The highest BCUT2D eigenvalue weighted by molar-refractivity contribution is 6.30. The second-order valence-corrected chi connectivity index (χ2v) is 6.38. The highest BCUT2D eigenvalue weighted by Crippen LogP contribution is 2.32. The van der Waals surface area contributed by atoms with Crippen molar-refractivity contribution in [2.24, 2.45) is 0 Å². The molecule has 0 saturated carbocycles. The molecule has 4 heteroatoms. The fraction of sp³-hybridized carbons (Fsp3) is 0.143. The molecule has 0 aliphatic carbocycles. The van der Waals surface area contributed by atoms with Crippen molar-refractivity contribution in [2.45, 2.75) is 19.3 Å². The molecule has 4 nitrogen and oxygen atoms in total. The lowest BCUT2D eigenvalue weighted by Gasteiger charge is -2.16. The van der Waals surface area contributed by atoms with Crippen LogP contribution in [-0.4, -0.2) is 16.8 Å². The molecule has 0 bridgehead atoms. The Balaban J connectivity index is 1.58. The Morgan fingerprint density at radius 1 is 1.00 bits per heavy atom. The molecule has 25 heavy (non-hydrogen) atoms. The van der Waals surface area contributed by atoms with Gasteiger partial charge in [0.2, 0.25) is 0 Å². The second-order valence-electron chi connectivity index (χ2n) is 6.38. The summed E-state index contributed by atoms with van der Waals surface area (Å²) < 4.78 is 0. The first-order valence-corrected chi connectivity index (χ1v) is 8.35. The molecule has 1 N–H and O–H groups in total. The summed E-state index contributed by atoms with van der Waals surface area (Å²) >= 11 is 0. The first kappa shape index (κ1) is 15.4. The highest BCUT2D eigenvalue weighted by atomic mass is 16.2. The summed E-state index contributed by atoms with van der Waals surface area (Å²) in [7, 11) is 0. The SMILES string of the molecule is CC(CC1=CC(=O)N(c2ccccc2)C1=O)c1c[nH]c2ccccc12. The lowest BCUT2D eigenvalue weighted by molar-refractivity contribution is -0.120. The molecule has 0 spiro atoms. The molecule has 2 amide bonds. The molecule has 1 unspecified atom stereocenters. The number of hydrogen-bond acceptors (Lipinski definition) is 2. The Hall–Kier alpha value is -3.14. The van der Waals surface area contributed by atoms with Gasteiger partial charge >= 0.3 is 0 Å². The zero-order valence-electron chi connectivity index (χ0n) is 13.9. The van der Waals surface area contributed by atoms with Crippen LogP contribution < -0.4 is 4.90 Å². The number of hydrogen-bond donors (Lipinski definition) is 1. The number of carbonyl (C=O) groups is 2. The van der Waals surface area contributed by atoms with Crippen molar-refractivity contribution >= 4 is 28.4 Å². The van der Waals surface area contributed by atoms with E-state index in [1.807, 2.05) is 42.6 Å². The summed E-state index contributed by atoms with van der Waals surface area (Å²) in [5.41, 5.74) is 3.42. The topological polar surface area (TPSA) is 53.2 Å². The molecule has 0 fully saturated rings. The summed E-state index contributed by atoms with van der Waals surface area (Å²) in [6.45, 7) is 2.08. The predicted molar refractivity (Wildman–Crippen MR) is 98.3 cm³/mol. The highest BCUT2D eigenvalue weighted by Gasteiger charge is 2.33. The number of amides is 2. The van der Waals surface area contributed by atoms with E-state index in [-0.39, 0.29) is 17.7 Å². The number of para-hydroxylation sites is 2. The predicted octanol–water partition coefficient (Wildman–Crippen LogP) is 4.16. The minimum atomic E-state index is -0.266. The van der Waals surface area contributed by atoms with E-state index in [0.717, 1.165) is 16.5 Å². The number of nitrogens with one attached hydrogen (secondary N) is 1.